The van der Waals surface area contributed by atoms with E-state index in [-0.39, 0.29) is 11.4 Å². The van der Waals surface area contributed by atoms with E-state index in [1.165, 1.54) is 25.3 Å². The van der Waals surface area contributed by atoms with E-state index in [1.807, 2.05) is 0 Å². The number of carbonyl (C=O) groups is 2. The van der Waals surface area contributed by atoms with Crippen molar-refractivity contribution in [3.05, 3.63) is 101 Å². The summed E-state index contributed by atoms with van der Waals surface area (Å²) in [5.41, 5.74) is -2.26. The maximum Gasteiger partial charge on any atom is 0.416 e. The summed E-state index contributed by atoms with van der Waals surface area (Å²) in [4.78, 5) is 26.5. The number of benzene rings is 3. The number of anilines is 2. The van der Waals surface area contributed by atoms with Crippen molar-refractivity contribution in [1.29, 1.82) is 0 Å². The second kappa shape index (κ2) is 11.4. The van der Waals surface area contributed by atoms with E-state index in [0.29, 0.717) is 34.8 Å². The Bertz CT molecular complexity index is 1470. The van der Waals surface area contributed by atoms with Crippen molar-refractivity contribution in [1.82, 2.24) is 0 Å². The molecule has 0 bridgehead atoms. The van der Waals surface area contributed by atoms with Gasteiger partial charge in [0, 0.05) is 16.9 Å². The fourth-order valence-electron chi connectivity index (χ4n) is 3.98. The Morgan fingerprint density at radius 1 is 0.829 bits per heavy atom. The topological polar surface area (TPSA) is 76.7 Å². The number of ether oxygens (including phenoxy) is 2. The molecular formula is C29H22F6N2O4. The van der Waals surface area contributed by atoms with Gasteiger partial charge in [0.1, 0.15) is 11.7 Å². The predicted molar refractivity (Wildman–Crippen MR) is 139 cm³/mol. The van der Waals surface area contributed by atoms with Gasteiger partial charge in [0.05, 0.1) is 18.2 Å². The number of methoxy groups -OCH3 is 1. The van der Waals surface area contributed by atoms with Crippen LogP contribution in [0.4, 0.5) is 37.7 Å². The number of carbonyl (C=O) groups excluding carboxylic acids is 2. The number of rotatable bonds is 6. The maximum absolute atomic E-state index is 13.3. The molecule has 2 amide bonds. The molecule has 0 saturated carbocycles. The summed E-state index contributed by atoms with van der Waals surface area (Å²) < 4.78 is 90.3. The van der Waals surface area contributed by atoms with Crippen LogP contribution in [0.15, 0.2) is 84.0 Å². The Balaban J connectivity index is 1.73. The number of amides is 2. The molecule has 0 saturated heterocycles. The molecule has 214 valence electrons. The molecule has 1 aliphatic rings. The van der Waals surface area contributed by atoms with Gasteiger partial charge in [-0.1, -0.05) is 24.3 Å². The van der Waals surface area contributed by atoms with Gasteiger partial charge in [-0.15, -0.1) is 0 Å². The van der Waals surface area contributed by atoms with Crippen LogP contribution in [-0.4, -0.2) is 25.0 Å². The molecule has 0 aromatic heterocycles. The molecule has 6 nitrogen and oxygen atoms in total. The lowest BCUT2D eigenvalue weighted by Gasteiger charge is -2.25. The standard InChI is InChI=1S/C29H22F6N2O4/c1-16-18(12-17-6-3-11-24(40-2)25(17)41-16)13-23(26(38)36-21-9-4-7-19(14-21)28(30,31)32)27(39)37-22-10-5-8-20(15-22)29(33,34)35/h3-16H,1-2H3,(H,36,38)(H,37,39). The summed E-state index contributed by atoms with van der Waals surface area (Å²) in [6, 6.07) is 12.6. The Morgan fingerprint density at radius 3 is 1.83 bits per heavy atom. The fraction of sp³-hybridized carbons (Fsp3) is 0.172. The molecule has 41 heavy (non-hydrogen) atoms. The summed E-state index contributed by atoms with van der Waals surface area (Å²) in [5.74, 6) is -1.34. The molecule has 1 atom stereocenters. The van der Waals surface area contributed by atoms with Crippen LogP contribution in [0.1, 0.15) is 23.6 Å². The lowest BCUT2D eigenvalue weighted by Crippen LogP contribution is -2.27. The highest BCUT2D eigenvalue weighted by Crippen LogP contribution is 2.38. The molecule has 1 unspecified atom stereocenters. The third kappa shape index (κ3) is 6.89. The van der Waals surface area contributed by atoms with E-state index in [9.17, 15) is 35.9 Å². The number of fused-ring (bicyclic) bond motifs is 1. The Labute approximate surface area is 230 Å². The number of para-hydroxylation sites is 1. The molecular weight excluding hydrogens is 554 g/mol. The Hall–Kier alpha value is -4.74. The van der Waals surface area contributed by atoms with Crippen LogP contribution in [0.5, 0.6) is 11.5 Å². The summed E-state index contributed by atoms with van der Waals surface area (Å²) in [6.45, 7) is 1.63. The number of hydrogen-bond donors (Lipinski definition) is 2. The summed E-state index contributed by atoms with van der Waals surface area (Å²) in [7, 11) is 1.46. The lowest BCUT2D eigenvalue weighted by atomic mass is 9.99. The first-order valence-corrected chi connectivity index (χ1v) is 12.0. The average molecular weight is 576 g/mol. The minimum absolute atomic E-state index is 0.250. The third-order valence-corrected chi connectivity index (χ3v) is 6.01. The van der Waals surface area contributed by atoms with Gasteiger partial charge >= 0.3 is 12.4 Å². The second-order valence-electron chi connectivity index (χ2n) is 8.91. The highest BCUT2D eigenvalue weighted by molar-refractivity contribution is 6.26. The molecule has 1 heterocycles. The molecule has 0 fully saturated rings. The van der Waals surface area contributed by atoms with E-state index in [4.69, 9.17) is 9.47 Å². The zero-order valence-electron chi connectivity index (χ0n) is 21.5. The monoisotopic (exact) mass is 576 g/mol. The summed E-state index contributed by atoms with van der Waals surface area (Å²) >= 11 is 0. The quantitative estimate of drug-likeness (QED) is 0.142. The van der Waals surface area contributed by atoms with Crippen LogP contribution >= 0.6 is 0 Å². The molecule has 2 N–H and O–H groups in total. The van der Waals surface area contributed by atoms with Crippen molar-refractivity contribution in [3.8, 4) is 11.5 Å². The van der Waals surface area contributed by atoms with E-state index in [1.54, 1.807) is 31.2 Å². The van der Waals surface area contributed by atoms with E-state index in [2.05, 4.69) is 10.6 Å². The van der Waals surface area contributed by atoms with Gasteiger partial charge in [0.15, 0.2) is 11.5 Å². The zero-order valence-corrected chi connectivity index (χ0v) is 21.5. The minimum Gasteiger partial charge on any atom is -0.493 e. The largest absolute Gasteiger partial charge is 0.493 e. The van der Waals surface area contributed by atoms with E-state index < -0.39 is 47.0 Å². The van der Waals surface area contributed by atoms with Crippen molar-refractivity contribution >= 4 is 29.3 Å². The van der Waals surface area contributed by atoms with Gasteiger partial charge in [-0.25, -0.2) is 0 Å². The fourth-order valence-corrected chi connectivity index (χ4v) is 3.98. The highest BCUT2D eigenvalue weighted by Gasteiger charge is 2.32. The molecule has 1 aliphatic heterocycles. The van der Waals surface area contributed by atoms with Crippen LogP contribution < -0.4 is 20.1 Å². The van der Waals surface area contributed by atoms with Gasteiger partial charge < -0.3 is 20.1 Å². The zero-order chi connectivity index (χ0) is 29.9. The SMILES string of the molecule is COc1cccc2c1OC(C)C(C=C(C(=O)Nc1cccc(C(F)(F)F)c1)C(=O)Nc1cccc(C(F)(F)F)c1)=C2. The molecule has 0 radical (unpaired) electrons. The van der Waals surface area contributed by atoms with Crippen molar-refractivity contribution < 1.29 is 45.4 Å². The highest BCUT2D eigenvalue weighted by atomic mass is 19.4. The minimum atomic E-state index is -4.69. The molecule has 3 aromatic carbocycles. The first kappa shape index (κ1) is 29.2. The predicted octanol–water partition coefficient (Wildman–Crippen LogP) is 7.10. The molecule has 3 aromatic rings. The Kier molecular flexibility index (Phi) is 8.13. The van der Waals surface area contributed by atoms with Crippen LogP contribution in [0, 0.1) is 0 Å². The van der Waals surface area contributed by atoms with Crippen molar-refractivity contribution in [3.63, 3.8) is 0 Å². The second-order valence-corrected chi connectivity index (χ2v) is 8.91. The Morgan fingerprint density at radius 2 is 1.34 bits per heavy atom. The first-order chi connectivity index (χ1) is 19.3. The third-order valence-electron chi connectivity index (χ3n) is 6.01. The number of hydrogen-bond acceptors (Lipinski definition) is 4. The van der Waals surface area contributed by atoms with Crippen LogP contribution in [0.25, 0.3) is 6.08 Å². The molecule has 12 heteroatoms. The number of alkyl halides is 6. The average Bonchev–Trinajstić information content (AvgIpc) is 2.90. The van der Waals surface area contributed by atoms with E-state index in [0.717, 1.165) is 24.3 Å². The van der Waals surface area contributed by atoms with Crippen molar-refractivity contribution in [2.45, 2.75) is 25.4 Å². The summed E-state index contributed by atoms with van der Waals surface area (Å²) in [6.07, 6.45) is -7.29. The molecule has 4 rings (SSSR count). The van der Waals surface area contributed by atoms with Gasteiger partial charge in [-0.2, -0.15) is 26.3 Å². The first-order valence-electron chi connectivity index (χ1n) is 12.0. The van der Waals surface area contributed by atoms with Gasteiger partial charge in [-0.3, -0.25) is 9.59 Å². The van der Waals surface area contributed by atoms with Gasteiger partial charge in [0.2, 0.25) is 0 Å². The van der Waals surface area contributed by atoms with Crippen LogP contribution in [-0.2, 0) is 21.9 Å². The van der Waals surface area contributed by atoms with Gasteiger partial charge in [0.25, 0.3) is 11.8 Å². The normalized spacial score (nSPS) is 14.6. The number of nitrogens with one attached hydrogen (secondary N) is 2. The molecule has 0 spiro atoms. The van der Waals surface area contributed by atoms with Crippen LogP contribution in [0.2, 0.25) is 0 Å². The lowest BCUT2D eigenvalue weighted by molar-refractivity contribution is -0.138. The smallest absolute Gasteiger partial charge is 0.416 e. The van der Waals surface area contributed by atoms with Gasteiger partial charge in [-0.05, 0) is 67.1 Å². The van der Waals surface area contributed by atoms with Crippen molar-refractivity contribution in [2.24, 2.45) is 0 Å². The maximum atomic E-state index is 13.3. The van der Waals surface area contributed by atoms with E-state index >= 15 is 0 Å². The number of halogens is 6. The molecule has 0 aliphatic carbocycles. The summed E-state index contributed by atoms with van der Waals surface area (Å²) in [5, 5.41) is 4.53. The van der Waals surface area contributed by atoms with Crippen LogP contribution in [0.3, 0.4) is 0 Å². The van der Waals surface area contributed by atoms with Crippen molar-refractivity contribution in [2.75, 3.05) is 17.7 Å².